The van der Waals surface area contributed by atoms with Gasteiger partial charge in [-0.1, -0.05) is 32.0 Å². The Morgan fingerprint density at radius 3 is 2.38 bits per heavy atom. The molecule has 0 saturated heterocycles. The molecular formula is C14H21NS. The number of benzene rings is 1. The average Bonchev–Trinajstić information content (AvgIpc) is 2.18. The molecule has 1 nitrogen and oxygen atoms in total. The second-order valence-corrected chi connectivity index (χ2v) is 7.28. The third kappa shape index (κ3) is 2.28. The summed E-state index contributed by atoms with van der Waals surface area (Å²) in [6, 6.07) is 8.60. The second-order valence-electron chi connectivity index (χ2n) is 5.77. The molecule has 0 unspecified atom stereocenters. The molecule has 0 radical (unpaired) electrons. The maximum Gasteiger partial charge on any atom is 0.0339 e. The molecule has 1 aromatic carbocycles. The number of hydrogen-bond acceptors (Lipinski definition) is 2. The van der Waals surface area contributed by atoms with Crippen molar-refractivity contribution in [3.05, 3.63) is 29.8 Å². The summed E-state index contributed by atoms with van der Waals surface area (Å²) in [6.07, 6.45) is 2.46. The van der Waals surface area contributed by atoms with Gasteiger partial charge in [-0.05, 0) is 36.8 Å². The van der Waals surface area contributed by atoms with Crippen LogP contribution in [-0.2, 0) is 0 Å². The van der Waals surface area contributed by atoms with E-state index >= 15 is 0 Å². The standard InChI is InChI=1S/C14H21NS/c1-11-6-4-5-7-12(11)16-14(10-15)8-13(2,3)9-14/h4-7H,8-10,15H2,1-3H3. The van der Waals surface area contributed by atoms with E-state index in [0.717, 1.165) is 6.54 Å². The summed E-state index contributed by atoms with van der Waals surface area (Å²) < 4.78 is 0.287. The van der Waals surface area contributed by atoms with Gasteiger partial charge in [-0.2, -0.15) is 0 Å². The van der Waals surface area contributed by atoms with E-state index in [2.05, 4.69) is 45.0 Å². The first-order valence-electron chi connectivity index (χ1n) is 5.91. The largest absolute Gasteiger partial charge is 0.329 e. The van der Waals surface area contributed by atoms with Gasteiger partial charge in [0.15, 0.2) is 0 Å². The lowest BCUT2D eigenvalue weighted by molar-refractivity contribution is 0.132. The number of hydrogen-bond donors (Lipinski definition) is 1. The van der Waals surface area contributed by atoms with E-state index in [9.17, 15) is 0 Å². The molecule has 2 heteroatoms. The fourth-order valence-corrected chi connectivity index (χ4v) is 4.71. The summed E-state index contributed by atoms with van der Waals surface area (Å²) in [6.45, 7) is 7.63. The highest BCUT2D eigenvalue weighted by Gasteiger charge is 2.48. The molecule has 1 aliphatic carbocycles. The van der Waals surface area contributed by atoms with Crippen molar-refractivity contribution >= 4 is 11.8 Å². The summed E-state index contributed by atoms with van der Waals surface area (Å²) in [7, 11) is 0. The van der Waals surface area contributed by atoms with E-state index in [1.165, 1.54) is 23.3 Å². The predicted octanol–water partition coefficient (Wildman–Crippen LogP) is 3.60. The Morgan fingerprint density at radius 1 is 1.25 bits per heavy atom. The van der Waals surface area contributed by atoms with Crippen LogP contribution in [0, 0.1) is 12.3 Å². The molecule has 0 heterocycles. The molecule has 88 valence electrons. The molecule has 1 fully saturated rings. The first-order valence-corrected chi connectivity index (χ1v) is 6.73. The van der Waals surface area contributed by atoms with Crippen LogP contribution in [0.3, 0.4) is 0 Å². The minimum atomic E-state index is 0.287. The van der Waals surface area contributed by atoms with Crippen LogP contribution < -0.4 is 5.73 Å². The first kappa shape index (κ1) is 12.0. The van der Waals surface area contributed by atoms with Gasteiger partial charge in [0.05, 0.1) is 0 Å². The van der Waals surface area contributed by atoms with Crippen molar-refractivity contribution in [1.29, 1.82) is 0 Å². The summed E-state index contributed by atoms with van der Waals surface area (Å²) in [4.78, 5) is 1.39. The van der Waals surface area contributed by atoms with E-state index < -0.39 is 0 Å². The fraction of sp³-hybridized carbons (Fsp3) is 0.571. The van der Waals surface area contributed by atoms with Crippen molar-refractivity contribution in [2.24, 2.45) is 11.1 Å². The summed E-state index contributed by atoms with van der Waals surface area (Å²) in [5.41, 5.74) is 7.81. The molecule has 1 aromatic rings. The molecule has 1 aliphatic rings. The summed E-state index contributed by atoms with van der Waals surface area (Å²) in [5, 5.41) is 0. The van der Waals surface area contributed by atoms with Gasteiger partial charge >= 0.3 is 0 Å². The van der Waals surface area contributed by atoms with Gasteiger partial charge in [0, 0.05) is 16.2 Å². The lowest BCUT2D eigenvalue weighted by Gasteiger charge is -2.52. The van der Waals surface area contributed by atoms with Crippen molar-refractivity contribution in [1.82, 2.24) is 0 Å². The van der Waals surface area contributed by atoms with Gasteiger partial charge in [0.25, 0.3) is 0 Å². The number of aryl methyl sites for hydroxylation is 1. The zero-order valence-corrected chi connectivity index (χ0v) is 11.2. The van der Waals surface area contributed by atoms with E-state index in [-0.39, 0.29) is 4.75 Å². The third-order valence-corrected chi connectivity index (χ3v) is 4.96. The molecule has 0 aromatic heterocycles. The van der Waals surface area contributed by atoms with Gasteiger partial charge in [-0.25, -0.2) is 0 Å². The molecule has 2 N–H and O–H groups in total. The third-order valence-electron chi connectivity index (χ3n) is 3.39. The Kier molecular flexibility index (Phi) is 3.06. The van der Waals surface area contributed by atoms with Crippen LogP contribution in [0.1, 0.15) is 32.3 Å². The van der Waals surface area contributed by atoms with Crippen molar-refractivity contribution < 1.29 is 0 Å². The summed E-state index contributed by atoms with van der Waals surface area (Å²) >= 11 is 1.98. The molecule has 2 rings (SSSR count). The molecule has 16 heavy (non-hydrogen) atoms. The SMILES string of the molecule is Cc1ccccc1SC1(CN)CC(C)(C)C1. The van der Waals surface area contributed by atoms with Crippen molar-refractivity contribution in [2.45, 2.75) is 43.3 Å². The minimum absolute atomic E-state index is 0.287. The molecule has 0 spiro atoms. The molecule has 1 saturated carbocycles. The second kappa shape index (κ2) is 4.08. The average molecular weight is 235 g/mol. The Bertz CT molecular complexity index is 376. The van der Waals surface area contributed by atoms with Crippen molar-refractivity contribution in [2.75, 3.05) is 6.54 Å². The maximum atomic E-state index is 5.97. The first-order chi connectivity index (χ1) is 7.46. The molecule has 0 aliphatic heterocycles. The number of rotatable bonds is 3. The van der Waals surface area contributed by atoms with Gasteiger partial charge < -0.3 is 5.73 Å². The minimum Gasteiger partial charge on any atom is -0.329 e. The van der Waals surface area contributed by atoms with Crippen LogP contribution >= 0.6 is 11.8 Å². The lowest BCUT2D eigenvalue weighted by Crippen LogP contribution is -2.51. The van der Waals surface area contributed by atoms with Gasteiger partial charge in [0.2, 0.25) is 0 Å². The Balaban J connectivity index is 2.12. The number of thioether (sulfide) groups is 1. The van der Waals surface area contributed by atoms with Gasteiger partial charge in [-0.15, -0.1) is 11.8 Å². The Hall–Kier alpha value is -0.470. The van der Waals surface area contributed by atoms with E-state index in [0.29, 0.717) is 5.41 Å². The van der Waals surface area contributed by atoms with Gasteiger partial charge in [-0.3, -0.25) is 0 Å². The van der Waals surface area contributed by atoms with Crippen LogP contribution in [0.15, 0.2) is 29.2 Å². The van der Waals surface area contributed by atoms with E-state index in [1.54, 1.807) is 0 Å². The number of nitrogens with two attached hydrogens (primary N) is 1. The highest BCUT2D eigenvalue weighted by molar-refractivity contribution is 8.00. The predicted molar refractivity (Wildman–Crippen MR) is 71.8 cm³/mol. The normalized spacial score (nSPS) is 21.5. The van der Waals surface area contributed by atoms with Crippen LogP contribution in [0.2, 0.25) is 0 Å². The lowest BCUT2D eigenvalue weighted by atomic mass is 9.64. The molecule has 0 amide bonds. The van der Waals surface area contributed by atoms with Crippen LogP contribution in [0.4, 0.5) is 0 Å². The van der Waals surface area contributed by atoms with Crippen molar-refractivity contribution in [3.63, 3.8) is 0 Å². The van der Waals surface area contributed by atoms with Crippen LogP contribution in [0.25, 0.3) is 0 Å². The van der Waals surface area contributed by atoms with Gasteiger partial charge in [0.1, 0.15) is 0 Å². The molecule has 0 bridgehead atoms. The summed E-state index contributed by atoms with van der Waals surface area (Å²) in [5.74, 6) is 0. The fourth-order valence-electron chi connectivity index (χ4n) is 2.85. The zero-order valence-electron chi connectivity index (χ0n) is 10.4. The van der Waals surface area contributed by atoms with Crippen LogP contribution in [0.5, 0.6) is 0 Å². The Labute approximate surface area is 103 Å². The quantitative estimate of drug-likeness (QED) is 0.866. The smallest absolute Gasteiger partial charge is 0.0339 e. The van der Waals surface area contributed by atoms with E-state index in [1.807, 2.05) is 11.8 Å². The Morgan fingerprint density at radius 2 is 1.88 bits per heavy atom. The van der Waals surface area contributed by atoms with Crippen LogP contribution in [-0.4, -0.2) is 11.3 Å². The van der Waals surface area contributed by atoms with E-state index in [4.69, 9.17) is 5.73 Å². The highest BCUT2D eigenvalue weighted by atomic mass is 32.2. The zero-order chi connectivity index (χ0) is 11.8. The maximum absolute atomic E-state index is 5.97. The highest BCUT2D eigenvalue weighted by Crippen LogP contribution is 2.56. The topological polar surface area (TPSA) is 26.0 Å². The molecule has 0 atom stereocenters. The molecular weight excluding hydrogens is 214 g/mol. The monoisotopic (exact) mass is 235 g/mol. The van der Waals surface area contributed by atoms with Crippen molar-refractivity contribution in [3.8, 4) is 0 Å².